The van der Waals surface area contributed by atoms with E-state index in [-0.39, 0.29) is 0 Å². The van der Waals surface area contributed by atoms with Crippen LogP contribution in [0.5, 0.6) is 0 Å². The van der Waals surface area contributed by atoms with E-state index in [1.807, 2.05) is 11.8 Å². The molecule has 0 aliphatic rings. The summed E-state index contributed by atoms with van der Waals surface area (Å²) in [5, 5.41) is 0. The van der Waals surface area contributed by atoms with Gasteiger partial charge in [0, 0.05) is 16.7 Å². The van der Waals surface area contributed by atoms with Gasteiger partial charge in [-0.2, -0.15) is 0 Å². The summed E-state index contributed by atoms with van der Waals surface area (Å²) in [6.45, 7) is 6.57. The molecule has 0 aliphatic carbocycles. The Bertz CT molecular complexity index is 298. The lowest BCUT2D eigenvalue weighted by molar-refractivity contribution is 0.475. The van der Waals surface area contributed by atoms with Gasteiger partial charge in [-0.3, -0.25) is 0 Å². The molecule has 2 N–H and O–H groups in total. The third kappa shape index (κ3) is 3.88. The van der Waals surface area contributed by atoms with Crippen molar-refractivity contribution >= 4 is 11.8 Å². The highest BCUT2D eigenvalue weighted by Crippen LogP contribution is 2.23. The summed E-state index contributed by atoms with van der Waals surface area (Å²) in [6.07, 6.45) is 1.16. The van der Waals surface area contributed by atoms with Crippen LogP contribution in [-0.2, 0) is 0 Å². The predicted molar refractivity (Wildman–Crippen MR) is 69.3 cm³/mol. The smallest absolute Gasteiger partial charge is 0.0159 e. The van der Waals surface area contributed by atoms with Crippen molar-refractivity contribution < 1.29 is 0 Å². The average Bonchev–Trinajstić information content (AvgIpc) is 2.26. The second kappa shape index (κ2) is 6.19. The van der Waals surface area contributed by atoms with E-state index in [0.717, 1.165) is 12.2 Å². The minimum absolute atomic E-state index is 0.305. The number of benzene rings is 1. The standard InChI is InChI=1S/C13H21NS/c1-4-10(2)12(14)9-15-13-8-6-5-7-11(13)3/h5-8,10,12H,4,9,14H2,1-3H3. The first kappa shape index (κ1) is 12.6. The van der Waals surface area contributed by atoms with Crippen LogP contribution in [0.2, 0.25) is 0 Å². The summed E-state index contributed by atoms with van der Waals surface area (Å²) in [5.74, 6) is 1.63. The molecule has 0 bridgehead atoms. The molecular weight excluding hydrogens is 202 g/mol. The highest BCUT2D eigenvalue weighted by atomic mass is 32.2. The van der Waals surface area contributed by atoms with Crippen molar-refractivity contribution in [2.24, 2.45) is 11.7 Å². The second-order valence-electron chi connectivity index (χ2n) is 4.13. The fourth-order valence-electron chi connectivity index (χ4n) is 1.37. The number of rotatable bonds is 5. The van der Waals surface area contributed by atoms with E-state index in [1.165, 1.54) is 10.5 Å². The minimum atomic E-state index is 0.305. The van der Waals surface area contributed by atoms with E-state index in [1.54, 1.807) is 0 Å². The van der Waals surface area contributed by atoms with Crippen LogP contribution in [0.3, 0.4) is 0 Å². The highest BCUT2D eigenvalue weighted by Gasteiger charge is 2.11. The molecule has 1 rings (SSSR count). The van der Waals surface area contributed by atoms with Crippen LogP contribution >= 0.6 is 11.8 Å². The van der Waals surface area contributed by atoms with Crippen molar-refractivity contribution in [3.8, 4) is 0 Å². The summed E-state index contributed by atoms with van der Waals surface area (Å²) in [6, 6.07) is 8.79. The lowest BCUT2D eigenvalue weighted by Gasteiger charge is -2.18. The molecule has 1 aromatic carbocycles. The molecule has 0 aliphatic heterocycles. The first-order valence-corrected chi connectivity index (χ1v) is 6.57. The monoisotopic (exact) mass is 223 g/mol. The molecule has 1 nitrogen and oxygen atoms in total. The van der Waals surface area contributed by atoms with Crippen LogP contribution in [0.1, 0.15) is 25.8 Å². The van der Waals surface area contributed by atoms with Gasteiger partial charge in [-0.1, -0.05) is 38.5 Å². The van der Waals surface area contributed by atoms with E-state index in [0.29, 0.717) is 12.0 Å². The normalized spacial score (nSPS) is 14.9. The van der Waals surface area contributed by atoms with Gasteiger partial charge < -0.3 is 5.73 Å². The SMILES string of the molecule is CCC(C)C(N)CSc1ccccc1C. The van der Waals surface area contributed by atoms with Crippen LogP contribution in [0.25, 0.3) is 0 Å². The van der Waals surface area contributed by atoms with Gasteiger partial charge in [0.1, 0.15) is 0 Å². The van der Waals surface area contributed by atoms with Gasteiger partial charge in [0.25, 0.3) is 0 Å². The fraction of sp³-hybridized carbons (Fsp3) is 0.538. The lowest BCUT2D eigenvalue weighted by Crippen LogP contribution is -2.30. The van der Waals surface area contributed by atoms with Gasteiger partial charge in [-0.05, 0) is 24.5 Å². The lowest BCUT2D eigenvalue weighted by atomic mass is 10.0. The fourth-order valence-corrected chi connectivity index (χ4v) is 2.54. The van der Waals surface area contributed by atoms with E-state index >= 15 is 0 Å². The average molecular weight is 223 g/mol. The van der Waals surface area contributed by atoms with E-state index in [9.17, 15) is 0 Å². The third-order valence-corrected chi connectivity index (χ3v) is 4.22. The van der Waals surface area contributed by atoms with Crippen LogP contribution in [0.15, 0.2) is 29.2 Å². The summed E-state index contributed by atoms with van der Waals surface area (Å²) < 4.78 is 0. The summed E-state index contributed by atoms with van der Waals surface area (Å²) in [5.41, 5.74) is 7.45. The molecule has 0 saturated carbocycles. The zero-order chi connectivity index (χ0) is 11.3. The molecule has 84 valence electrons. The van der Waals surface area contributed by atoms with E-state index < -0.39 is 0 Å². The molecule has 2 atom stereocenters. The van der Waals surface area contributed by atoms with Crippen LogP contribution in [0, 0.1) is 12.8 Å². The topological polar surface area (TPSA) is 26.0 Å². The number of hydrogen-bond acceptors (Lipinski definition) is 2. The number of thioether (sulfide) groups is 1. The number of hydrogen-bond donors (Lipinski definition) is 1. The molecule has 2 heteroatoms. The van der Waals surface area contributed by atoms with Gasteiger partial charge in [0.15, 0.2) is 0 Å². The second-order valence-corrected chi connectivity index (χ2v) is 5.19. The van der Waals surface area contributed by atoms with Crippen molar-refractivity contribution in [3.05, 3.63) is 29.8 Å². The highest BCUT2D eigenvalue weighted by molar-refractivity contribution is 7.99. The first-order chi connectivity index (χ1) is 7.15. The summed E-state index contributed by atoms with van der Waals surface area (Å²) in [4.78, 5) is 1.36. The Morgan fingerprint density at radius 3 is 2.60 bits per heavy atom. The van der Waals surface area contributed by atoms with Crippen LogP contribution in [0.4, 0.5) is 0 Å². The number of aryl methyl sites for hydroxylation is 1. The molecule has 0 heterocycles. The van der Waals surface area contributed by atoms with Crippen molar-refractivity contribution in [1.29, 1.82) is 0 Å². The molecule has 0 amide bonds. The van der Waals surface area contributed by atoms with Gasteiger partial charge in [0.2, 0.25) is 0 Å². The van der Waals surface area contributed by atoms with Gasteiger partial charge in [-0.15, -0.1) is 11.8 Å². The Labute approximate surface area is 97.4 Å². The molecule has 15 heavy (non-hydrogen) atoms. The minimum Gasteiger partial charge on any atom is -0.327 e. The molecule has 2 unspecified atom stereocenters. The molecule has 0 radical (unpaired) electrons. The first-order valence-electron chi connectivity index (χ1n) is 5.59. The maximum Gasteiger partial charge on any atom is 0.0159 e. The molecule has 0 fully saturated rings. The van der Waals surface area contributed by atoms with Crippen molar-refractivity contribution in [2.75, 3.05) is 5.75 Å². The van der Waals surface area contributed by atoms with E-state index in [4.69, 9.17) is 5.73 Å². The Hall–Kier alpha value is -0.470. The van der Waals surface area contributed by atoms with Crippen molar-refractivity contribution in [1.82, 2.24) is 0 Å². The zero-order valence-corrected chi connectivity index (χ0v) is 10.7. The summed E-state index contributed by atoms with van der Waals surface area (Å²) in [7, 11) is 0. The molecule has 0 saturated heterocycles. The zero-order valence-electron chi connectivity index (χ0n) is 9.86. The van der Waals surface area contributed by atoms with E-state index in [2.05, 4.69) is 45.0 Å². The largest absolute Gasteiger partial charge is 0.327 e. The third-order valence-electron chi connectivity index (χ3n) is 2.90. The number of nitrogens with two attached hydrogens (primary N) is 1. The molecule has 0 aromatic heterocycles. The Kier molecular flexibility index (Phi) is 5.20. The maximum atomic E-state index is 6.10. The predicted octanol–water partition coefficient (Wildman–Crippen LogP) is 3.46. The van der Waals surface area contributed by atoms with Crippen LogP contribution < -0.4 is 5.73 Å². The molecular formula is C13H21NS. The summed E-state index contributed by atoms with van der Waals surface area (Å²) >= 11 is 1.87. The van der Waals surface area contributed by atoms with Crippen molar-refractivity contribution in [3.63, 3.8) is 0 Å². The maximum absolute atomic E-state index is 6.10. The van der Waals surface area contributed by atoms with Gasteiger partial charge >= 0.3 is 0 Å². The quantitative estimate of drug-likeness (QED) is 0.774. The van der Waals surface area contributed by atoms with Gasteiger partial charge in [0.05, 0.1) is 0 Å². The molecule has 0 spiro atoms. The Balaban J connectivity index is 2.47. The Morgan fingerprint density at radius 2 is 2.00 bits per heavy atom. The van der Waals surface area contributed by atoms with Crippen molar-refractivity contribution in [2.45, 2.75) is 38.1 Å². The van der Waals surface area contributed by atoms with Crippen LogP contribution in [-0.4, -0.2) is 11.8 Å². The van der Waals surface area contributed by atoms with Gasteiger partial charge in [-0.25, -0.2) is 0 Å². The molecule has 1 aromatic rings. The Morgan fingerprint density at radius 1 is 1.33 bits per heavy atom.